The Kier molecular flexibility index (Phi) is 5.47. The summed E-state index contributed by atoms with van der Waals surface area (Å²) in [5, 5.41) is 4.01. The topological polar surface area (TPSA) is 64.9 Å². The van der Waals surface area contributed by atoms with Gasteiger partial charge in [-0.3, -0.25) is 0 Å². The Bertz CT molecular complexity index is 522. The van der Waals surface area contributed by atoms with Crippen molar-refractivity contribution < 1.29 is 4.52 Å². The van der Waals surface area contributed by atoms with Crippen LogP contribution in [-0.2, 0) is 18.6 Å². The van der Waals surface area contributed by atoms with Gasteiger partial charge in [-0.1, -0.05) is 31.1 Å². The van der Waals surface area contributed by atoms with E-state index in [1.807, 2.05) is 36.0 Å². The molecule has 0 aliphatic heterocycles. The molecule has 0 bridgehead atoms. The van der Waals surface area contributed by atoms with Crippen molar-refractivity contribution >= 4 is 17.4 Å². The second-order valence-electron chi connectivity index (χ2n) is 5.25. The maximum absolute atomic E-state index is 5.66. The summed E-state index contributed by atoms with van der Waals surface area (Å²) in [5.41, 5.74) is 7.68. The molecule has 20 heavy (non-hydrogen) atoms. The van der Waals surface area contributed by atoms with Crippen molar-refractivity contribution in [2.75, 3.05) is 11.5 Å². The minimum atomic E-state index is 0.692. The summed E-state index contributed by atoms with van der Waals surface area (Å²) in [6, 6.07) is 7.89. The van der Waals surface area contributed by atoms with Crippen molar-refractivity contribution in [1.29, 1.82) is 0 Å². The standard InChI is InChI=1S/C15H21N3OS/c1-11(2)9-20-10-14-17-15(19-18-14)8-5-12-3-6-13(16)7-4-12/h3-4,6-7,11H,5,8-10,16H2,1-2H3. The lowest BCUT2D eigenvalue weighted by molar-refractivity contribution is 0.374. The summed E-state index contributed by atoms with van der Waals surface area (Å²) in [7, 11) is 0. The number of thioether (sulfide) groups is 1. The van der Waals surface area contributed by atoms with Crippen molar-refractivity contribution in [3.8, 4) is 0 Å². The molecule has 1 aromatic carbocycles. The average molecular weight is 291 g/mol. The maximum Gasteiger partial charge on any atom is 0.227 e. The van der Waals surface area contributed by atoms with Crippen LogP contribution in [0.2, 0.25) is 0 Å². The van der Waals surface area contributed by atoms with Crippen molar-refractivity contribution in [2.45, 2.75) is 32.4 Å². The zero-order valence-electron chi connectivity index (χ0n) is 12.0. The highest BCUT2D eigenvalue weighted by Crippen LogP contribution is 2.14. The van der Waals surface area contributed by atoms with Crippen LogP contribution in [0.3, 0.4) is 0 Å². The second-order valence-corrected chi connectivity index (χ2v) is 6.29. The number of hydrogen-bond donors (Lipinski definition) is 1. The van der Waals surface area contributed by atoms with Crippen LogP contribution in [0.4, 0.5) is 5.69 Å². The molecule has 0 aliphatic rings. The van der Waals surface area contributed by atoms with Gasteiger partial charge in [0.1, 0.15) is 0 Å². The third-order valence-electron chi connectivity index (χ3n) is 2.80. The largest absolute Gasteiger partial charge is 0.399 e. The van der Waals surface area contributed by atoms with Gasteiger partial charge in [0.2, 0.25) is 5.89 Å². The summed E-state index contributed by atoms with van der Waals surface area (Å²) in [5.74, 6) is 4.14. The molecule has 2 rings (SSSR count). The van der Waals surface area contributed by atoms with E-state index in [4.69, 9.17) is 10.3 Å². The molecule has 0 radical (unpaired) electrons. The third-order valence-corrected chi connectivity index (χ3v) is 4.16. The predicted molar refractivity (Wildman–Crippen MR) is 83.6 cm³/mol. The van der Waals surface area contributed by atoms with Crippen LogP contribution in [0, 0.1) is 5.92 Å². The van der Waals surface area contributed by atoms with E-state index in [1.165, 1.54) is 5.56 Å². The van der Waals surface area contributed by atoms with E-state index < -0.39 is 0 Å². The molecule has 0 saturated heterocycles. The highest BCUT2D eigenvalue weighted by atomic mass is 32.2. The minimum Gasteiger partial charge on any atom is -0.399 e. The Morgan fingerprint density at radius 3 is 2.65 bits per heavy atom. The molecule has 0 saturated carbocycles. The highest BCUT2D eigenvalue weighted by molar-refractivity contribution is 7.98. The lowest BCUT2D eigenvalue weighted by atomic mass is 10.1. The van der Waals surface area contributed by atoms with Gasteiger partial charge in [-0.2, -0.15) is 16.7 Å². The first kappa shape index (κ1) is 14.9. The van der Waals surface area contributed by atoms with Crippen LogP contribution in [0.5, 0.6) is 0 Å². The van der Waals surface area contributed by atoms with E-state index in [0.29, 0.717) is 11.8 Å². The number of nitrogens with two attached hydrogens (primary N) is 1. The summed E-state index contributed by atoms with van der Waals surface area (Å²) < 4.78 is 5.27. The lowest BCUT2D eigenvalue weighted by Crippen LogP contribution is -1.94. The third kappa shape index (κ3) is 4.89. The predicted octanol–water partition coefficient (Wildman–Crippen LogP) is 3.33. The summed E-state index contributed by atoms with van der Waals surface area (Å²) >= 11 is 1.84. The SMILES string of the molecule is CC(C)CSCc1noc(CCc2ccc(N)cc2)n1. The van der Waals surface area contributed by atoms with Gasteiger partial charge in [-0.15, -0.1) is 0 Å². The summed E-state index contributed by atoms with van der Waals surface area (Å²) in [4.78, 5) is 4.42. The Hall–Kier alpha value is -1.49. The molecule has 5 heteroatoms. The smallest absolute Gasteiger partial charge is 0.227 e. The van der Waals surface area contributed by atoms with Gasteiger partial charge in [0.15, 0.2) is 5.82 Å². The van der Waals surface area contributed by atoms with E-state index in [1.54, 1.807) is 0 Å². The van der Waals surface area contributed by atoms with Crippen LogP contribution >= 0.6 is 11.8 Å². The summed E-state index contributed by atoms with van der Waals surface area (Å²) in [6.45, 7) is 4.42. The number of benzene rings is 1. The van der Waals surface area contributed by atoms with Crippen LogP contribution in [0.1, 0.15) is 31.1 Å². The molecule has 1 aromatic heterocycles. The number of hydrogen-bond acceptors (Lipinski definition) is 5. The van der Waals surface area contributed by atoms with E-state index >= 15 is 0 Å². The molecule has 1 heterocycles. The van der Waals surface area contributed by atoms with Crippen LogP contribution < -0.4 is 5.73 Å². The van der Waals surface area contributed by atoms with Crippen molar-refractivity contribution in [1.82, 2.24) is 10.1 Å². The van der Waals surface area contributed by atoms with Gasteiger partial charge in [-0.05, 0) is 35.8 Å². The number of aryl methyl sites for hydroxylation is 2. The van der Waals surface area contributed by atoms with Crippen molar-refractivity contribution in [3.05, 3.63) is 41.5 Å². The zero-order chi connectivity index (χ0) is 14.4. The van der Waals surface area contributed by atoms with Crippen LogP contribution in [0.15, 0.2) is 28.8 Å². The monoisotopic (exact) mass is 291 g/mol. The fourth-order valence-corrected chi connectivity index (χ4v) is 2.66. The second kappa shape index (κ2) is 7.33. The van der Waals surface area contributed by atoms with Gasteiger partial charge in [0.05, 0.1) is 5.75 Å². The first-order chi connectivity index (χ1) is 9.63. The van der Waals surface area contributed by atoms with Crippen LogP contribution in [-0.4, -0.2) is 15.9 Å². The maximum atomic E-state index is 5.66. The number of anilines is 1. The molecule has 2 aromatic rings. The molecule has 0 spiro atoms. The summed E-state index contributed by atoms with van der Waals surface area (Å²) in [6.07, 6.45) is 1.66. The molecule has 0 atom stereocenters. The Morgan fingerprint density at radius 2 is 1.95 bits per heavy atom. The fraction of sp³-hybridized carbons (Fsp3) is 0.467. The minimum absolute atomic E-state index is 0.692. The van der Waals surface area contributed by atoms with Gasteiger partial charge in [0, 0.05) is 12.1 Å². The molecular weight excluding hydrogens is 270 g/mol. The van der Waals surface area contributed by atoms with Gasteiger partial charge < -0.3 is 10.3 Å². The molecule has 2 N–H and O–H groups in total. The quantitative estimate of drug-likeness (QED) is 0.793. The van der Waals surface area contributed by atoms with E-state index in [2.05, 4.69) is 24.0 Å². The molecular formula is C15H21N3OS. The van der Waals surface area contributed by atoms with Gasteiger partial charge in [0.25, 0.3) is 0 Å². The van der Waals surface area contributed by atoms with Crippen molar-refractivity contribution in [2.24, 2.45) is 5.92 Å². The Balaban J connectivity index is 1.79. The average Bonchev–Trinajstić information content (AvgIpc) is 2.86. The number of rotatable bonds is 7. The number of nitrogens with zero attached hydrogens (tertiary/aromatic N) is 2. The molecule has 4 nitrogen and oxygen atoms in total. The highest BCUT2D eigenvalue weighted by Gasteiger charge is 2.07. The van der Waals surface area contributed by atoms with Crippen molar-refractivity contribution in [3.63, 3.8) is 0 Å². The first-order valence-corrected chi connectivity index (χ1v) is 8.02. The van der Waals surface area contributed by atoms with Gasteiger partial charge >= 0.3 is 0 Å². The zero-order valence-corrected chi connectivity index (χ0v) is 12.8. The van der Waals surface area contributed by atoms with Gasteiger partial charge in [-0.25, -0.2) is 0 Å². The number of aromatic nitrogens is 2. The van der Waals surface area contributed by atoms with E-state index in [-0.39, 0.29) is 0 Å². The fourth-order valence-electron chi connectivity index (χ4n) is 1.77. The normalized spacial score (nSPS) is 11.2. The molecule has 0 amide bonds. The van der Waals surface area contributed by atoms with E-state index in [9.17, 15) is 0 Å². The van der Waals surface area contributed by atoms with Crippen LogP contribution in [0.25, 0.3) is 0 Å². The van der Waals surface area contributed by atoms with E-state index in [0.717, 1.165) is 35.9 Å². The molecule has 0 unspecified atom stereocenters. The molecule has 108 valence electrons. The molecule has 0 aliphatic carbocycles. The number of nitrogen functional groups attached to an aromatic ring is 1. The first-order valence-electron chi connectivity index (χ1n) is 6.87. The Labute approximate surface area is 124 Å². The Morgan fingerprint density at radius 1 is 1.20 bits per heavy atom. The lowest BCUT2D eigenvalue weighted by Gasteiger charge is -2.00. The molecule has 0 fully saturated rings.